The van der Waals surface area contributed by atoms with Crippen molar-refractivity contribution in [2.45, 2.75) is 19.4 Å². The van der Waals surface area contributed by atoms with Crippen LogP contribution in [0.25, 0.3) is 0 Å². The van der Waals surface area contributed by atoms with Crippen molar-refractivity contribution < 1.29 is 9.66 Å². The summed E-state index contributed by atoms with van der Waals surface area (Å²) in [4.78, 5) is 14.2. The van der Waals surface area contributed by atoms with Gasteiger partial charge in [-0.2, -0.15) is 0 Å². The largest absolute Gasteiger partial charge is 0.385 e. The molecule has 1 unspecified atom stereocenters. The first kappa shape index (κ1) is 13.7. The highest BCUT2D eigenvalue weighted by molar-refractivity contribution is 6.30. The highest BCUT2D eigenvalue weighted by Gasteiger charge is 2.17. The first-order valence-corrected chi connectivity index (χ1v) is 5.47. The second-order valence-electron chi connectivity index (χ2n) is 3.61. The smallest absolute Gasteiger partial charge is 0.312 e. The Morgan fingerprint density at radius 3 is 3.00 bits per heavy atom. The summed E-state index contributed by atoms with van der Waals surface area (Å²) in [6.07, 6.45) is 2.11. The van der Waals surface area contributed by atoms with Crippen LogP contribution < -0.4 is 5.32 Å². The molecule has 0 aliphatic carbocycles. The molecule has 1 rings (SSSR count). The molecule has 1 aromatic rings. The minimum atomic E-state index is -0.510. The maximum absolute atomic E-state index is 10.8. The van der Waals surface area contributed by atoms with Crippen LogP contribution in [0.1, 0.15) is 13.3 Å². The molecule has 6 nitrogen and oxygen atoms in total. The van der Waals surface area contributed by atoms with E-state index >= 15 is 0 Å². The average Bonchev–Trinajstić information content (AvgIpc) is 2.28. The van der Waals surface area contributed by atoms with Crippen LogP contribution in [0.2, 0.25) is 5.02 Å². The van der Waals surface area contributed by atoms with Gasteiger partial charge in [0.15, 0.2) is 0 Å². The molecule has 94 valence electrons. The molecule has 0 spiro atoms. The van der Waals surface area contributed by atoms with Crippen LogP contribution >= 0.6 is 11.6 Å². The van der Waals surface area contributed by atoms with Gasteiger partial charge in [0, 0.05) is 32.0 Å². The van der Waals surface area contributed by atoms with Gasteiger partial charge in [-0.15, -0.1) is 0 Å². The lowest BCUT2D eigenvalue weighted by molar-refractivity contribution is -0.384. The van der Waals surface area contributed by atoms with E-state index in [-0.39, 0.29) is 22.6 Å². The molecule has 17 heavy (non-hydrogen) atoms. The predicted molar refractivity (Wildman–Crippen MR) is 65.5 cm³/mol. The van der Waals surface area contributed by atoms with E-state index in [9.17, 15) is 10.1 Å². The van der Waals surface area contributed by atoms with Crippen LogP contribution in [0.3, 0.4) is 0 Å². The van der Waals surface area contributed by atoms with E-state index in [1.165, 1.54) is 12.3 Å². The lowest BCUT2D eigenvalue weighted by Crippen LogP contribution is -2.18. The number of halogens is 1. The van der Waals surface area contributed by atoms with E-state index in [4.69, 9.17) is 16.3 Å². The number of anilines is 1. The standard InChI is InChI=1S/C10H14ClN3O3/c1-7(3-4-17-2)13-10-9(14(15)16)5-8(11)6-12-10/h5-7H,3-4H2,1-2H3,(H,12,13). The van der Waals surface area contributed by atoms with Crippen molar-refractivity contribution in [1.82, 2.24) is 4.98 Å². The van der Waals surface area contributed by atoms with Gasteiger partial charge in [-0.25, -0.2) is 4.98 Å². The minimum absolute atomic E-state index is 0.0299. The van der Waals surface area contributed by atoms with Crippen LogP contribution in [0.5, 0.6) is 0 Å². The van der Waals surface area contributed by atoms with Crippen molar-refractivity contribution in [2.75, 3.05) is 19.0 Å². The summed E-state index contributed by atoms with van der Waals surface area (Å²) in [5, 5.41) is 14.0. The third-order valence-electron chi connectivity index (χ3n) is 2.17. The van der Waals surface area contributed by atoms with Crippen molar-refractivity contribution in [3.8, 4) is 0 Å². The summed E-state index contributed by atoms with van der Waals surface area (Å²) in [5.41, 5.74) is -0.123. The Bertz CT molecular complexity index is 400. The normalized spacial score (nSPS) is 12.2. The topological polar surface area (TPSA) is 77.3 Å². The molecule has 7 heteroatoms. The molecular formula is C10H14ClN3O3. The molecular weight excluding hydrogens is 246 g/mol. The quantitative estimate of drug-likeness (QED) is 0.627. The fourth-order valence-corrected chi connectivity index (χ4v) is 1.43. The van der Waals surface area contributed by atoms with Crippen LogP contribution in [-0.4, -0.2) is 29.7 Å². The number of ether oxygens (including phenoxy) is 1. The van der Waals surface area contributed by atoms with E-state index in [2.05, 4.69) is 10.3 Å². The summed E-state index contributed by atoms with van der Waals surface area (Å²) in [7, 11) is 1.61. The Labute approximate surface area is 104 Å². The maximum Gasteiger partial charge on any atom is 0.312 e. The molecule has 1 N–H and O–H groups in total. The van der Waals surface area contributed by atoms with Crippen LogP contribution in [0.15, 0.2) is 12.3 Å². The molecule has 0 aliphatic heterocycles. The molecule has 1 aromatic heterocycles. The second kappa shape index (κ2) is 6.36. The summed E-state index contributed by atoms with van der Waals surface area (Å²) in [6, 6.07) is 1.31. The number of aromatic nitrogens is 1. The van der Waals surface area contributed by atoms with E-state index in [0.717, 1.165) is 6.42 Å². The number of nitrogens with one attached hydrogen (secondary N) is 1. The van der Waals surface area contributed by atoms with Gasteiger partial charge in [-0.3, -0.25) is 10.1 Å². The molecule has 0 aliphatic rings. The van der Waals surface area contributed by atoms with Gasteiger partial charge in [-0.1, -0.05) is 11.6 Å². The molecule has 1 atom stereocenters. The molecule has 0 aromatic carbocycles. The maximum atomic E-state index is 10.8. The highest BCUT2D eigenvalue weighted by Crippen LogP contribution is 2.25. The van der Waals surface area contributed by atoms with Crippen molar-refractivity contribution in [2.24, 2.45) is 0 Å². The van der Waals surface area contributed by atoms with Crippen LogP contribution in [0, 0.1) is 10.1 Å². The number of hydrogen-bond donors (Lipinski definition) is 1. The van der Waals surface area contributed by atoms with Crippen LogP contribution in [0.4, 0.5) is 11.5 Å². The zero-order valence-corrected chi connectivity index (χ0v) is 10.4. The highest BCUT2D eigenvalue weighted by atomic mass is 35.5. The number of hydrogen-bond acceptors (Lipinski definition) is 5. The van der Waals surface area contributed by atoms with Crippen molar-refractivity contribution in [3.05, 3.63) is 27.4 Å². The second-order valence-corrected chi connectivity index (χ2v) is 4.04. The summed E-state index contributed by atoms with van der Waals surface area (Å²) in [6.45, 7) is 2.48. The molecule has 0 bridgehead atoms. The van der Waals surface area contributed by atoms with E-state index < -0.39 is 4.92 Å². The fraction of sp³-hybridized carbons (Fsp3) is 0.500. The zero-order valence-electron chi connectivity index (χ0n) is 9.64. The number of nitrogens with zero attached hydrogens (tertiary/aromatic N) is 2. The molecule has 1 heterocycles. The molecule has 0 saturated carbocycles. The number of pyridine rings is 1. The first-order valence-electron chi connectivity index (χ1n) is 5.10. The summed E-state index contributed by atoms with van der Waals surface area (Å²) in [5.74, 6) is 0.225. The van der Waals surface area contributed by atoms with E-state index in [1.54, 1.807) is 7.11 Å². The van der Waals surface area contributed by atoms with Crippen molar-refractivity contribution >= 4 is 23.1 Å². The average molecular weight is 260 g/mol. The van der Waals surface area contributed by atoms with E-state index in [1.807, 2.05) is 6.92 Å². The van der Waals surface area contributed by atoms with Gasteiger partial charge >= 0.3 is 5.69 Å². The number of rotatable bonds is 6. The third-order valence-corrected chi connectivity index (χ3v) is 2.38. The predicted octanol–water partition coefficient (Wildman–Crippen LogP) is 2.48. The van der Waals surface area contributed by atoms with Gasteiger partial charge in [0.25, 0.3) is 0 Å². The number of nitro groups is 1. The van der Waals surface area contributed by atoms with Gasteiger partial charge in [-0.05, 0) is 13.3 Å². The van der Waals surface area contributed by atoms with Gasteiger partial charge in [0.2, 0.25) is 5.82 Å². The van der Waals surface area contributed by atoms with Crippen molar-refractivity contribution in [1.29, 1.82) is 0 Å². The van der Waals surface area contributed by atoms with Gasteiger partial charge < -0.3 is 10.1 Å². The Hall–Kier alpha value is -1.40. The molecule has 0 fully saturated rings. The Morgan fingerprint density at radius 2 is 2.41 bits per heavy atom. The number of methoxy groups -OCH3 is 1. The molecule has 0 amide bonds. The minimum Gasteiger partial charge on any atom is -0.385 e. The summed E-state index contributed by atoms with van der Waals surface area (Å²) < 4.78 is 4.93. The fourth-order valence-electron chi connectivity index (χ4n) is 1.28. The summed E-state index contributed by atoms with van der Waals surface area (Å²) >= 11 is 5.67. The zero-order chi connectivity index (χ0) is 12.8. The lowest BCUT2D eigenvalue weighted by Gasteiger charge is -2.13. The van der Waals surface area contributed by atoms with Crippen molar-refractivity contribution in [3.63, 3.8) is 0 Å². The monoisotopic (exact) mass is 259 g/mol. The SMILES string of the molecule is COCCC(C)Nc1ncc(Cl)cc1[N+](=O)[O-]. The lowest BCUT2D eigenvalue weighted by atomic mass is 10.2. The van der Waals surface area contributed by atoms with Gasteiger partial charge in [0.1, 0.15) is 0 Å². The van der Waals surface area contributed by atoms with Crippen LogP contribution in [-0.2, 0) is 4.74 Å². The Morgan fingerprint density at radius 1 is 1.71 bits per heavy atom. The molecule has 0 saturated heterocycles. The Kier molecular flexibility index (Phi) is 5.11. The molecule has 0 radical (unpaired) electrons. The first-order chi connectivity index (χ1) is 8.04. The Balaban J connectivity index is 2.79. The third kappa shape index (κ3) is 4.16. The van der Waals surface area contributed by atoms with Gasteiger partial charge in [0.05, 0.1) is 9.95 Å². The van der Waals surface area contributed by atoms with E-state index in [0.29, 0.717) is 6.61 Å².